The third-order valence-corrected chi connectivity index (χ3v) is 2.57. The first kappa shape index (κ1) is 10.5. The second kappa shape index (κ2) is 4.60. The van der Waals surface area contributed by atoms with E-state index in [1.54, 1.807) is 0 Å². The molecule has 0 aliphatic rings. The van der Waals surface area contributed by atoms with E-state index in [1.165, 1.54) is 0 Å². The van der Waals surface area contributed by atoms with Crippen LogP contribution in [0.1, 0.15) is 5.56 Å². The highest BCUT2D eigenvalue weighted by Gasteiger charge is 2.06. The summed E-state index contributed by atoms with van der Waals surface area (Å²) in [6.07, 6.45) is 0. The summed E-state index contributed by atoms with van der Waals surface area (Å²) >= 11 is 3.44. The van der Waals surface area contributed by atoms with Crippen LogP contribution in [0.15, 0.2) is 22.7 Å². The zero-order valence-corrected chi connectivity index (χ0v) is 9.30. The maximum absolute atomic E-state index is 8.66. The molecule has 2 N–H and O–H groups in total. The Morgan fingerprint density at radius 1 is 1.46 bits per heavy atom. The van der Waals surface area contributed by atoms with E-state index < -0.39 is 0 Å². The van der Waals surface area contributed by atoms with Crippen molar-refractivity contribution in [1.82, 2.24) is 5.48 Å². The van der Waals surface area contributed by atoms with Crippen LogP contribution in [0.3, 0.4) is 0 Å². The summed E-state index contributed by atoms with van der Waals surface area (Å²) in [4.78, 5) is 2.01. The number of nitrogens with one attached hydrogen (secondary N) is 1. The molecule has 0 aromatic heterocycles. The molecule has 0 amide bonds. The number of hydrogen-bond acceptors (Lipinski definition) is 3. The number of hydroxylamine groups is 1. The molecule has 4 heteroatoms. The third-order valence-electron chi connectivity index (χ3n) is 1.83. The molecule has 72 valence electrons. The van der Waals surface area contributed by atoms with Gasteiger partial charge >= 0.3 is 0 Å². The van der Waals surface area contributed by atoms with Crippen molar-refractivity contribution in [2.24, 2.45) is 0 Å². The maximum Gasteiger partial charge on any atom is 0.0489 e. The summed E-state index contributed by atoms with van der Waals surface area (Å²) in [6, 6.07) is 5.94. The average molecular weight is 245 g/mol. The molecule has 13 heavy (non-hydrogen) atoms. The van der Waals surface area contributed by atoms with E-state index in [4.69, 9.17) is 5.21 Å². The summed E-state index contributed by atoms with van der Waals surface area (Å²) in [6.45, 7) is 0.439. The monoisotopic (exact) mass is 244 g/mol. The zero-order chi connectivity index (χ0) is 9.84. The Hall–Kier alpha value is -0.580. The number of halogens is 1. The number of hydrogen-bond donors (Lipinski definition) is 2. The standard InChI is InChI=1S/C9H13BrN2O/c1-12(2)9-5-3-4-8(10)7(9)6-11-13/h3-5,11,13H,6H2,1-2H3. The highest BCUT2D eigenvalue weighted by molar-refractivity contribution is 9.10. The fourth-order valence-corrected chi connectivity index (χ4v) is 1.72. The molecule has 3 nitrogen and oxygen atoms in total. The maximum atomic E-state index is 8.66. The molecule has 0 saturated carbocycles. The van der Waals surface area contributed by atoms with Crippen molar-refractivity contribution in [3.63, 3.8) is 0 Å². The first-order chi connectivity index (χ1) is 6.16. The predicted molar refractivity (Wildman–Crippen MR) is 57.1 cm³/mol. The lowest BCUT2D eigenvalue weighted by Gasteiger charge is -2.18. The highest BCUT2D eigenvalue weighted by atomic mass is 79.9. The minimum absolute atomic E-state index is 0.439. The number of anilines is 1. The molecule has 0 radical (unpaired) electrons. The van der Waals surface area contributed by atoms with Crippen molar-refractivity contribution in [3.8, 4) is 0 Å². The summed E-state index contributed by atoms with van der Waals surface area (Å²) in [7, 11) is 3.95. The van der Waals surface area contributed by atoms with Crippen molar-refractivity contribution in [1.29, 1.82) is 0 Å². The van der Waals surface area contributed by atoms with Gasteiger partial charge in [0.1, 0.15) is 0 Å². The van der Waals surface area contributed by atoms with Gasteiger partial charge in [0.2, 0.25) is 0 Å². The topological polar surface area (TPSA) is 35.5 Å². The Morgan fingerprint density at radius 2 is 2.15 bits per heavy atom. The van der Waals surface area contributed by atoms with Crippen molar-refractivity contribution in [2.45, 2.75) is 6.54 Å². The van der Waals surface area contributed by atoms with Gasteiger partial charge < -0.3 is 10.1 Å². The van der Waals surface area contributed by atoms with Crippen LogP contribution in [-0.2, 0) is 6.54 Å². The fraction of sp³-hybridized carbons (Fsp3) is 0.333. The average Bonchev–Trinajstić information content (AvgIpc) is 2.08. The van der Waals surface area contributed by atoms with Crippen LogP contribution < -0.4 is 10.4 Å². The van der Waals surface area contributed by atoms with Crippen molar-refractivity contribution in [2.75, 3.05) is 19.0 Å². The minimum atomic E-state index is 0.439. The molecule has 0 heterocycles. The van der Waals surface area contributed by atoms with Crippen LogP contribution in [-0.4, -0.2) is 19.3 Å². The molecule has 1 rings (SSSR count). The molecular weight excluding hydrogens is 232 g/mol. The highest BCUT2D eigenvalue weighted by Crippen LogP contribution is 2.26. The van der Waals surface area contributed by atoms with Gasteiger partial charge in [-0.15, -0.1) is 0 Å². The molecule has 0 saturated heterocycles. The van der Waals surface area contributed by atoms with E-state index in [0.717, 1.165) is 15.7 Å². The summed E-state index contributed by atoms with van der Waals surface area (Å²) < 4.78 is 1.00. The Kier molecular flexibility index (Phi) is 3.71. The molecular formula is C9H13BrN2O. The minimum Gasteiger partial charge on any atom is -0.377 e. The molecule has 0 aliphatic carbocycles. The molecule has 0 fully saturated rings. The Morgan fingerprint density at radius 3 is 2.69 bits per heavy atom. The molecule has 1 aromatic carbocycles. The van der Waals surface area contributed by atoms with Crippen molar-refractivity contribution >= 4 is 21.6 Å². The number of rotatable bonds is 3. The lowest BCUT2D eigenvalue weighted by Crippen LogP contribution is -2.15. The third kappa shape index (κ3) is 2.43. The quantitative estimate of drug-likeness (QED) is 0.799. The van der Waals surface area contributed by atoms with Gasteiger partial charge in [0, 0.05) is 36.4 Å². The molecule has 0 spiro atoms. The van der Waals surface area contributed by atoms with Gasteiger partial charge in [0.05, 0.1) is 0 Å². The normalized spacial score (nSPS) is 10.2. The van der Waals surface area contributed by atoms with Crippen LogP contribution in [0.5, 0.6) is 0 Å². The van der Waals surface area contributed by atoms with E-state index in [0.29, 0.717) is 6.54 Å². The van der Waals surface area contributed by atoms with E-state index >= 15 is 0 Å². The Bertz CT molecular complexity index is 289. The van der Waals surface area contributed by atoms with E-state index in [9.17, 15) is 0 Å². The van der Waals surface area contributed by atoms with Gasteiger partial charge in [0.25, 0.3) is 0 Å². The zero-order valence-electron chi connectivity index (χ0n) is 7.71. The molecule has 1 aromatic rings. The summed E-state index contributed by atoms with van der Waals surface area (Å²) in [5.41, 5.74) is 4.31. The van der Waals surface area contributed by atoms with Crippen LogP contribution in [0.25, 0.3) is 0 Å². The first-order valence-corrected chi connectivity index (χ1v) is 4.77. The number of benzene rings is 1. The second-order valence-electron chi connectivity index (χ2n) is 2.97. The molecule has 0 unspecified atom stereocenters. The molecule has 0 aliphatic heterocycles. The van der Waals surface area contributed by atoms with Crippen LogP contribution in [0, 0.1) is 0 Å². The largest absolute Gasteiger partial charge is 0.377 e. The van der Waals surface area contributed by atoms with E-state index in [2.05, 4.69) is 21.4 Å². The van der Waals surface area contributed by atoms with Crippen LogP contribution in [0.4, 0.5) is 5.69 Å². The Labute approximate surface area is 86.5 Å². The lowest BCUT2D eigenvalue weighted by molar-refractivity contribution is 0.161. The van der Waals surface area contributed by atoms with E-state index in [1.807, 2.05) is 37.2 Å². The predicted octanol–water partition coefficient (Wildman–Crippen LogP) is 1.99. The van der Waals surface area contributed by atoms with Crippen LogP contribution >= 0.6 is 15.9 Å². The lowest BCUT2D eigenvalue weighted by atomic mass is 10.1. The fourth-order valence-electron chi connectivity index (χ4n) is 1.22. The SMILES string of the molecule is CN(C)c1cccc(Br)c1CNO. The van der Waals surface area contributed by atoms with Gasteiger partial charge in [-0.2, -0.15) is 0 Å². The smallest absolute Gasteiger partial charge is 0.0489 e. The van der Waals surface area contributed by atoms with Crippen molar-refractivity contribution in [3.05, 3.63) is 28.2 Å². The Balaban J connectivity index is 3.09. The van der Waals surface area contributed by atoms with Gasteiger partial charge in [0.15, 0.2) is 0 Å². The van der Waals surface area contributed by atoms with Gasteiger partial charge in [-0.3, -0.25) is 0 Å². The van der Waals surface area contributed by atoms with Gasteiger partial charge in [-0.1, -0.05) is 22.0 Å². The molecule has 0 bridgehead atoms. The van der Waals surface area contributed by atoms with Crippen molar-refractivity contribution < 1.29 is 5.21 Å². The first-order valence-electron chi connectivity index (χ1n) is 3.98. The number of nitrogens with zero attached hydrogens (tertiary/aromatic N) is 1. The molecule has 0 atom stereocenters. The van der Waals surface area contributed by atoms with Crippen LogP contribution in [0.2, 0.25) is 0 Å². The van der Waals surface area contributed by atoms with E-state index in [-0.39, 0.29) is 0 Å². The second-order valence-corrected chi connectivity index (χ2v) is 3.82. The van der Waals surface area contributed by atoms with Gasteiger partial charge in [-0.25, -0.2) is 5.48 Å². The van der Waals surface area contributed by atoms with Gasteiger partial charge in [-0.05, 0) is 12.1 Å². The summed E-state index contributed by atoms with van der Waals surface area (Å²) in [5, 5.41) is 8.66. The summed E-state index contributed by atoms with van der Waals surface area (Å²) in [5.74, 6) is 0.